The Balaban J connectivity index is 1.26. The van der Waals surface area contributed by atoms with Crippen molar-refractivity contribution in [2.24, 2.45) is 0 Å². The molecule has 2 fully saturated rings. The number of carbonyl (C=O) groups excluding carboxylic acids is 2. The van der Waals surface area contributed by atoms with Crippen molar-refractivity contribution < 1.29 is 24.5 Å². The van der Waals surface area contributed by atoms with Crippen molar-refractivity contribution in [2.45, 2.75) is 43.9 Å². The predicted molar refractivity (Wildman–Crippen MR) is 132 cm³/mol. The fourth-order valence-electron chi connectivity index (χ4n) is 4.87. The van der Waals surface area contributed by atoms with Gasteiger partial charge < -0.3 is 30.1 Å². The van der Waals surface area contributed by atoms with Gasteiger partial charge in [-0.1, -0.05) is 30.3 Å². The first-order valence-corrected chi connectivity index (χ1v) is 12.3. The van der Waals surface area contributed by atoms with Crippen molar-refractivity contribution in [1.82, 2.24) is 15.1 Å². The van der Waals surface area contributed by atoms with Gasteiger partial charge in [0.25, 0.3) is 5.91 Å². The minimum Gasteiger partial charge on any atom is -0.493 e. The van der Waals surface area contributed by atoms with Crippen LogP contribution in [0.5, 0.6) is 5.75 Å². The van der Waals surface area contributed by atoms with Gasteiger partial charge in [-0.2, -0.15) is 0 Å². The Labute approximate surface area is 206 Å². The number of carbonyl (C=O) groups is 2. The lowest BCUT2D eigenvalue weighted by molar-refractivity contribution is -0.131. The number of aliphatic hydroxyl groups is 2. The van der Waals surface area contributed by atoms with Crippen molar-refractivity contribution >= 4 is 11.8 Å². The van der Waals surface area contributed by atoms with Gasteiger partial charge in [0, 0.05) is 38.3 Å². The number of hydrogen-bond donors (Lipinski definition) is 3. The molecule has 2 amide bonds. The van der Waals surface area contributed by atoms with Gasteiger partial charge in [0.05, 0.1) is 25.2 Å². The van der Waals surface area contributed by atoms with Crippen LogP contribution in [0.4, 0.5) is 0 Å². The van der Waals surface area contributed by atoms with E-state index in [-0.39, 0.29) is 37.9 Å². The largest absolute Gasteiger partial charge is 0.493 e. The van der Waals surface area contributed by atoms with Crippen LogP contribution in [0.3, 0.4) is 0 Å². The standard InChI is InChI=1S/C27H35N3O5/c1-28-16-19-4-2-5-21(14-19)20-8-11-29(12-9-20)27(34)22-6-3-7-23(15-22)35-13-10-26(33)30-17-24(31)25(32)18-30/h2-7,14-15,20,24-25,28,31-32H,8-13,16-18H2,1H3/t24-,25+. The molecule has 35 heavy (non-hydrogen) atoms. The third-order valence-electron chi connectivity index (χ3n) is 6.86. The summed E-state index contributed by atoms with van der Waals surface area (Å²) >= 11 is 0. The molecule has 0 saturated carbocycles. The molecule has 0 unspecified atom stereocenters. The highest BCUT2D eigenvalue weighted by molar-refractivity contribution is 5.94. The molecule has 2 aromatic rings. The first-order valence-electron chi connectivity index (χ1n) is 12.3. The molecule has 2 aliphatic rings. The molecular formula is C27H35N3O5. The second-order valence-corrected chi connectivity index (χ2v) is 9.40. The van der Waals surface area contributed by atoms with Crippen LogP contribution in [0.2, 0.25) is 0 Å². The van der Waals surface area contributed by atoms with Crippen LogP contribution in [0, 0.1) is 0 Å². The minimum absolute atomic E-state index is 0.00560. The zero-order valence-electron chi connectivity index (χ0n) is 20.2. The molecule has 4 rings (SSSR count). The Kier molecular flexibility index (Phi) is 8.38. The molecule has 0 aromatic heterocycles. The maximum absolute atomic E-state index is 13.1. The molecule has 0 radical (unpaired) electrons. The van der Waals surface area contributed by atoms with E-state index in [9.17, 15) is 19.8 Å². The van der Waals surface area contributed by atoms with Crippen LogP contribution in [-0.2, 0) is 11.3 Å². The van der Waals surface area contributed by atoms with E-state index >= 15 is 0 Å². The number of hydrogen-bond acceptors (Lipinski definition) is 6. The molecule has 0 bridgehead atoms. The predicted octanol–water partition coefficient (Wildman–Crippen LogP) is 1.76. The average molecular weight is 482 g/mol. The zero-order valence-corrected chi connectivity index (χ0v) is 20.2. The van der Waals surface area contributed by atoms with Crippen LogP contribution in [0.1, 0.15) is 46.7 Å². The lowest BCUT2D eigenvalue weighted by Gasteiger charge is -2.32. The van der Waals surface area contributed by atoms with Gasteiger partial charge >= 0.3 is 0 Å². The normalized spacial score (nSPS) is 20.8. The van der Waals surface area contributed by atoms with E-state index < -0.39 is 12.2 Å². The van der Waals surface area contributed by atoms with E-state index in [4.69, 9.17) is 4.74 Å². The summed E-state index contributed by atoms with van der Waals surface area (Å²) in [6, 6.07) is 15.8. The van der Waals surface area contributed by atoms with Crippen molar-refractivity contribution in [3.63, 3.8) is 0 Å². The van der Waals surface area contributed by atoms with Crippen LogP contribution >= 0.6 is 0 Å². The van der Waals surface area contributed by atoms with Crippen LogP contribution in [0.25, 0.3) is 0 Å². The molecule has 3 N–H and O–H groups in total. The molecule has 8 nitrogen and oxygen atoms in total. The number of β-amino-alcohol motifs (C(OH)–C–C–N with tert-alkyl or cyclic N) is 2. The van der Waals surface area contributed by atoms with Crippen LogP contribution in [0.15, 0.2) is 48.5 Å². The first kappa shape index (κ1) is 25.2. The first-order chi connectivity index (χ1) is 16.9. The summed E-state index contributed by atoms with van der Waals surface area (Å²) in [5, 5.41) is 22.4. The molecular weight excluding hydrogens is 446 g/mol. The Bertz CT molecular complexity index is 1010. The zero-order chi connectivity index (χ0) is 24.8. The maximum Gasteiger partial charge on any atom is 0.253 e. The summed E-state index contributed by atoms with van der Waals surface area (Å²) in [4.78, 5) is 28.7. The van der Waals surface area contributed by atoms with E-state index in [1.807, 2.05) is 11.9 Å². The van der Waals surface area contributed by atoms with E-state index in [1.54, 1.807) is 24.3 Å². The summed E-state index contributed by atoms with van der Waals surface area (Å²) in [5.41, 5.74) is 3.19. The Morgan fingerprint density at radius 3 is 2.43 bits per heavy atom. The van der Waals surface area contributed by atoms with Crippen molar-refractivity contribution in [3.05, 3.63) is 65.2 Å². The van der Waals surface area contributed by atoms with Gasteiger partial charge in [0.2, 0.25) is 5.91 Å². The summed E-state index contributed by atoms with van der Waals surface area (Å²) in [6.45, 7) is 2.73. The monoisotopic (exact) mass is 481 g/mol. The molecule has 2 atom stereocenters. The van der Waals surface area contributed by atoms with E-state index in [2.05, 4.69) is 29.6 Å². The number of nitrogens with zero attached hydrogens (tertiary/aromatic N) is 2. The van der Waals surface area contributed by atoms with Crippen LogP contribution < -0.4 is 10.1 Å². The molecule has 2 heterocycles. The van der Waals surface area contributed by atoms with Crippen molar-refractivity contribution in [1.29, 1.82) is 0 Å². The lowest BCUT2D eigenvalue weighted by Crippen LogP contribution is -2.37. The minimum atomic E-state index is -0.892. The highest BCUT2D eigenvalue weighted by Crippen LogP contribution is 2.29. The molecule has 188 valence electrons. The summed E-state index contributed by atoms with van der Waals surface area (Å²) in [7, 11) is 1.95. The smallest absolute Gasteiger partial charge is 0.253 e. The van der Waals surface area contributed by atoms with Gasteiger partial charge in [-0.15, -0.1) is 0 Å². The second kappa shape index (κ2) is 11.7. The molecule has 0 aliphatic carbocycles. The summed E-state index contributed by atoms with van der Waals surface area (Å²) in [5.74, 6) is 0.823. The maximum atomic E-state index is 13.1. The van der Waals surface area contributed by atoms with Gasteiger partial charge in [0.1, 0.15) is 5.75 Å². The number of aliphatic hydroxyl groups excluding tert-OH is 2. The van der Waals surface area contributed by atoms with Gasteiger partial charge in [-0.05, 0) is 55.1 Å². The van der Waals surface area contributed by atoms with Crippen molar-refractivity contribution in [2.75, 3.05) is 39.8 Å². The van der Waals surface area contributed by atoms with E-state index in [1.165, 1.54) is 16.0 Å². The fraction of sp³-hybridized carbons (Fsp3) is 0.481. The number of amides is 2. The Morgan fingerprint density at radius 2 is 1.71 bits per heavy atom. The number of ether oxygens (including phenoxy) is 1. The molecule has 2 aromatic carbocycles. The molecule has 2 saturated heterocycles. The number of benzene rings is 2. The van der Waals surface area contributed by atoms with E-state index in [0.29, 0.717) is 30.3 Å². The highest BCUT2D eigenvalue weighted by atomic mass is 16.5. The topological polar surface area (TPSA) is 102 Å². The van der Waals surface area contributed by atoms with Crippen molar-refractivity contribution in [3.8, 4) is 5.75 Å². The number of rotatable bonds is 8. The molecule has 8 heteroatoms. The van der Waals surface area contributed by atoms with Gasteiger partial charge in [-0.25, -0.2) is 0 Å². The average Bonchev–Trinajstić information content (AvgIpc) is 3.22. The lowest BCUT2D eigenvalue weighted by atomic mass is 9.88. The summed E-state index contributed by atoms with van der Waals surface area (Å²) < 4.78 is 5.73. The third-order valence-corrected chi connectivity index (χ3v) is 6.86. The Hall–Kier alpha value is -2.94. The highest BCUT2D eigenvalue weighted by Gasteiger charge is 2.32. The number of likely N-dealkylation sites (tertiary alicyclic amines) is 2. The van der Waals surface area contributed by atoms with E-state index in [0.717, 1.165) is 19.4 Å². The molecule has 2 aliphatic heterocycles. The SMILES string of the molecule is CNCc1cccc(C2CCN(C(=O)c3cccc(OCCC(=O)N4C[C@@H](O)[C@@H](O)C4)c3)CC2)c1. The van der Waals surface area contributed by atoms with Gasteiger partial charge in [0.15, 0.2) is 0 Å². The second-order valence-electron chi connectivity index (χ2n) is 9.40. The number of nitrogens with one attached hydrogen (secondary N) is 1. The quantitative estimate of drug-likeness (QED) is 0.531. The van der Waals surface area contributed by atoms with Crippen LogP contribution in [-0.4, -0.2) is 83.9 Å². The summed E-state index contributed by atoms with van der Waals surface area (Å²) in [6.07, 6.45) is 0.230. The molecule has 0 spiro atoms. The third kappa shape index (κ3) is 6.39. The fourth-order valence-corrected chi connectivity index (χ4v) is 4.87. The van der Waals surface area contributed by atoms with Gasteiger partial charge in [-0.3, -0.25) is 9.59 Å². The number of piperidine rings is 1. The Morgan fingerprint density at radius 1 is 1.00 bits per heavy atom.